The molecule has 2 aromatic carbocycles. The summed E-state index contributed by atoms with van der Waals surface area (Å²) in [6, 6.07) is 12.3. The van der Waals surface area contributed by atoms with Crippen LogP contribution in [-0.2, 0) is 19.6 Å². The zero-order valence-corrected chi connectivity index (χ0v) is 20.1. The number of pyridine rings is 1. The van der Waals surface area contributed by atoms with E-state index in [9.17, 15) is 27.6 Å². The first-order chi connectivity index (χ1) is 18.6. The van der Waals surface area contributed by atoms with Gasteiger partial charge in [0.25, 0.3) is 17.4 Å². The van der Waals surface area contributed by atoms with Crippen molar-refractivity contribution in [2.45, 2.75) is 12.6 Å². The summed E-state index contributed by atoms with van der Waals surface area (Å²) < 4.78 is 40.6. The molecule has 6 rings (SSSR count). The van der Waals surface area contributed by atoms with E-state index in [0.29, 0.717) is 38.9 Å². The van der Waals surface area contributed by atoms with Crippen molar-refractivity contribution in [2.75, 3.05) is 0 Å². The molecule has 9 nitrogen and oxygen atoms in total. The van der Waals surface area contributed by atoms with Gasteiger partial charge >= 0.3 is 6.18 Å². The van der Waals surface area contributed by atoms with Gasteiger partial charge in [0.1, 0.15) is 0 Å². The zero-order chi connectivity index (χ0) is 27.5. The molecule has 0 radical (unpaired) electrons. The van der Waals surface area contributed by atoms with E-state index in [2.05, 4.69) is 25.6 Å². The van der Waals surface area contributed by atoms with Crippen molar-refractivity contribution in [3.05, 3.63) is 99.2 Å². The number of aromatic nitrogens is 5. The van der Waals surface area contributed by atoms with Crippen LogP contribution in [-0.4, -0.2) is 36.8 Å². The van der Waals surface area contributed by atoms with Crippen LogP contribution in [0.5, 0.6) is 0 Å². The third kappa shape index (κ3) is 4.06. The molecule has 0 atom stereocenters. The number of nitrogens with one attached hydrogen (secondary N) is 2. The number of alkyl halides is 3. The van der Waals surface area contributed by atoms with Crippen molar-refractivity contribution in [3.63, 3.8) is 0 Å². The maximum Gasteiger partial charge on any atom is 0.417 e. The molecule has 4 heterocycles. The number of hydrogen-bond donors (Lipinski definition) is 2. The lowest BCUT2D eigenvalue weighted by atomic mass is 9.95. The Morgan fingerprint density at radius 3 is 2.49 bits per heavy atom. The Morgan fingerprint density at radius 1 is 0.923 bits per heavy atom. The van der Waals surface area contributed by atoms with E-state index in [1.54, 1.807) is 49.6 Å². The quantitative estimate of drug-likeness (QED) is 0.340. The number of halogens is 3. The standard InChI is InChI=1S/C27H17F3N6O3/c1-36-23(20-8-6-15(11-31-20)27(28,29)30)19(12-32-36)13-5-7-16-18(9-13)21(34-35-25(16)38)10-14-3-2-4-17-22(14)26(39)33-24(17)37/h2-9,11-12H,10H2,1H3,(H,35,38)(H,33,37,39). The third-order valence-electron chi connectivity index (χ3n) is 6.66. The van der Waals surface area contributed by atoms with Gasteiger partial charge in [0.05, 0.1) is 45.4 Å². The summed E-state index contributed by atoms with van der Waals surface area (Å²) in [5, 5.41) is 14.1. The topological polar surface area (TPSA) is 123 Å². The van der Waals surface area contributed by atoms with E-state index < -0.39 is 29.1 Å². The van der Waals surface area contributed by atoms with E-state index >= 15 is 0 Å². The molecule has 194 valence electrons. The number of carbonyl (C=O) groups is 2. The van der Waals surface area contributed by atoms with Gasteiger partial charge in [-0.25, -0.2) is 5.10 Å². The van der Waals surface area contributed by atoms with Gasteiger partial charge in [-0.3, -0.25) is 29.4 Å². The van der Waals surface area contributed by atoms with Crippen LogP contribution in [0.2, 0.25) is 0 Å². The SMILES string of the molecule is Cn1ncc(-c2ccc3c(=O)[nH]nc(Cc4cccc5c4C(=O)NC5=O)c3c2)c1-c1ccc(C(F)(F)F)cn1. The second kappa shape index (κ2) is 8.72. The number of imide groups is 1. The predicted octanol–water partition coefficient (Wildman–Crippen LogP) is 3.88. The van der Waals surface area contributed by atoms with E-state index in [-0.39, 0.29) is 23.2 Å². The van der Waals surface area contributed by atoms with Gasteiger partial charge in [-0.15, -0.1) is 0 Å². The van der Waals surface area contributed by atoms with Crippen molar-refractivity contribution in [2.24, 2.45) is 7.05 Å². The molecule has 3 aromatic heterocycles. The number of nitrogens with zero attached hydrogens (tertiary/aromatic N) is 4. The van der Waals surface area contributed by atoms with E-state index in [0.717, 1.165) is 12.3 Å². The Hall–Kier alpha value is -5.13. The number of hydrogen-bond acceptors (Lipinski definition) is 6. The van der Waals surface area contributed by atoms with Crippen LogP contribution in [0.25, 0.3) is 33.3 Å². The molecule has 2 amide bonds. The summed E-state index contributed by atoms with van der Waals surface area (Å²) in [5.74, 6) is -0.969. The predicted molar refractivity (Wildman–Crippen MR) is 134 cm³/mol. The van der Waals surface area contributed by atoms with Crippen LogP contribution in [0, 0.1) is 0 Å². The van der Waals surface area contributed by atoms with Gasteiger partial charge in [0.15, 0.2) is 0 Å². The molecule has 0 saturated heterocycles. The maximum atomic E-state index is 13.0. The van der Waals surface area contributed by atoms with Crippen molar-refractivity contribution in [3.8, 4) is 22.5 Å². The fraction of sp³-hybridized carbons (Fsp3) is 0.111. The summed E-state index contributed by atoms with van der Waals surface area (Å²) in [6.45, 7) is 0. The molecule has 0 fully saturated rings. The normalized spacial score (nSPS) is 13.1. The van der Waals surface area contributed by atoms with Gasteiger partial charge in [0.2, 0.25) is 0 Å². The van der Waals surface area contributed by atoms with Crippen molar-refractivity contribution in [1.82, 2.24) is 30.3 Å². The maximum absolute atomic E-state index is 13.0. The number of carbonyl (C=O) groups excluding carboxylic acids is 2. The molecular formula is C27H17F3N6O3. The van der Waals surface area contributed by atoms with Gasteiger partial charge in [-0.1, -0.05) is 18.2 Å². The third-order valence-corrected chi connectivity index (χ3v) is 6.66. The summed E-state index contributed by atoms with van der Waals surface area (Å²) in [7, 11) is 1.65. The smallest absolute Gasteiger partial charge is 0.288 e. The van der Waals surface area contributed by atoms with Gasteiger partial charge in [0, 0.05) is 30.6 Å². The number of aromatic amines is 1. The van der Waals surface area contributed by atoms with Crippen molar-refractivity contribution in [1.29, 1.82) is 0 Å². The average Bonchev–Trinajstić information content (AvgIpc) is 3.44. The lowest BCUT2D eigenvalue weighted by Gasteiger charge is -2.11. The Labute approximate surface area is 217 Å². The van der Waals surface area contributed by atoms with Crippen LogP contribution in [0.3, 0.4) is 0 Å². The molecular weight excluding hydrogens is 513 g/mol. The highest BCUT2D eigenvalue weighted by Crippen LogP contribution is 2.35. The van der Waals surface area contributed by atoms with E-state index in [4.69, 9.17) is 0 Å². The number of aryl methyl sites for hydroxylation is 1. The molecule has 0 spiro atoms. The number of rotatable bonds is 4. The average molecular weight is 530 g/mol. The van der Waals surface area contributed by atoms with Crippen LogP contribution >= 0.6 is 0 Å². The van der Waals surface area contributed by atoms with Crippen LogP contribution in [0.1, 0.15) is 37.5 Å². The summed E-state index contributed by atoms with van der Waals surface area (Å²) in [5.41, 5.74) is 2.29. The molecule has 0 bridgehead atoms. The lowest BCUT2D eigenvalue weighted by Crippen LogP contribution is -2.20. The van der Waals surface area contributed by atoms with Crippen LogP contribution in [0.15, 0.2) is 65.7 Å². The highest BCUT2D eigenvalue weighted by molar-refractivity contribution is 6.22. The Morgan fingerprint density at radius 2 is 1.74 bits per heavy atom. The highest BCUT2D eigenvalue weighted by Gasteiger charge is 2.31. The first-order valence-corrected chi connectivity index (χ1v) is 11.7. The molecule has 2 N–H and O–H groups in total. The fourth-order valence-corrected chi connectivity index (χ4v) is 4.79. The summed E-state index contributed by atoms with van der Waals surface area (Å²) >= 11 is 0. The van der Waals surface area contributed by atoms with Gasteiger partial charge in [-0.2, -0.15) is 23.4 Å². The van der Waals surface area contributed by atoms with Gasteiger partial charge < -0.3 is 0 Å². The zero-order valence-electron chi connectivity index (χ0n) is 20.1. The van der Waals surface area contributed by atoms with E-state index in [1.165, 1.54) is 10.7 Å². The van der Waals surface area contributed by atoms with E-state index in [1.807, 2.05) is 0 Å². The molecule has 0 saturated carbocycles. The highest BCUT2D eigenvalue weighted by atomic mass is 19.4. The first kappa shape index (κ1) is 24.2. The molecule has 1 aliphatic rings. The Balaban J connectivity index is 1.46. The lowest BCUT2D eigenvalue weighted by molar-refractivity contribution is -0.137. The second-order valence-electron chi connectivity index (χ2n) is 9.02. The minimum Gasteiger partial charge on any atom is -0.288 e. The number of fused-ring (bicyclic) bond motifs is 2. The molecule has 12 heteroatoms. The van der Waals surface area contributed by atoms with Crippen LogP contribution in [0.4, 0.5) is 13.2 Å². The Kier molecular flexibility index (Phi) is 5.42. The summed E-state index contributed by atoms with van der Waals surface area (Å²) in [4.78, 5) is 41.1. The number of benzene rings is 2. The monoisotopic (exact) mass is 530 g/mol. The fourth-order valence-electron chi connectivity index (χ4n) is 4.79. The molecule has 1 aliphatic heterocycles. The van der Waals surface area contributed by atoms with Crippen molar-refractivity contribution < 1.29 is 22.8 Å². The Bertz CT molecular complexity index is 1870. The molecule has 0 unspecified atom stereocenters. The molecule has 39 heavy (non-hydrogen) atoms. The molecule has 0 aliphatic carbocycles. The number of H-pyrrole nitrogens is 1. The minimum atomic E-state index is -4.51. The first-order valence-electron chi connectivity index (χ1n) is 11.7. The summed E-state index contributed by atoms with van der Waals surface area (Å²) in [6.07, 6.45) is -2.02. The second-order valence-corrected chi connectivity index (χ2v) is 9.02. The van der Waals surface area contributed by atoms with Crippen molar-refractivity contribution >= 4 is 22.6 Å². The largest absolute Gasteiger partial charge is 0.417 e. The van der Waals surface area contributed by atoms with Gasteiger partial charge in [-0.05, 0) is 41.5 Å². The van der Waals surface area contributed by atoms with Crippen LogP contribution < -0.4 is 10.9 Å². The number of amides is 2. The molecule has 5 aromatic rings. The minimum absolute atomic E-state index is 0.154.